The number of anilines is 2. The largest absolute Gasteiger partial charge is 0.506 e. The smallest absolute Gasteiger partial charge is 0.416 e. The zero-order valence-corrected chi connectivity index (χ0v) is 13.1. The molecule has 2 rings (SSSR count). The number of amides is 2. The van der Waals surface area contributed by atoms with Gasteiger partial charge in [-0.2, -0.15) is 13.2 Å². The van der Waals surface area contributed by atoms with Crippen LogP contribution in [0.2, 0.25) is 0 Å². The van der Waals surface area contributed by atoms with Crippen LogP contribution in [0.15, 0.2) is 42.5 Å². The number of carbonyl (C=O) groups is 1. The Morgan fingerprint density at radius 3 is 2.33 bits per heavy atom. The molecule has 0 unspecified atom stereocenters. The Labute approximate surface area is 137 Å². The third-order valence-corrected chi connectivity index (χ3v) is 3.56. The highest BCUT2D eigenvalue weighted by Crippen LogP contribution is 2.37. The first-order valence-electron chi connectivity index (χ1n) is 7.21. The van der Waals surface area contributed by atoms with Crippen molar-refractivity contribution in [2.45, 2.75) is 25.9 Å². The highest BCUT2D eigenvalue weighted by Gasteiger charge is 2.31. The molecule has 0 aliphatic heterocycles. The molecule has 0 heterocycles. The Morgan fingerprint density at radius 2 is 1.83 bits per heavy atom. The van der Waals surface area contributed by atoms with Crippen LogP contribution >= 0.6 is 0 Å². The summed E-state index contributed by atoms with van der Waals surface area (Å²) in [6.07, 6.45) is -4.55. The normalized spacial score (nSPS) is 11.6. The van der Waals surface area contributed by atoms with Crippen LogP contribution in [0.25, 0.3) is 0 Å². The number of phenols is 1. The second-order valence-electron chi connectivity index (χ2n) is 5.62. The van der Waals surface area contributed by atoms with Crippen molar-refractivity contribution in [3.8, 4) is 5.75 Å². The van der Waals surface area contributed by atoms with Gasteiger partial charge in [0.25, 0.3) is 0 Å². The number of phenolic OH excluding ortho intramolecular Hbond substituents is 1. The van der Waals surface area contributed by atoms with Gasteiger partial charge in [-0.05, 0) is 41.8 Å². The molecule has 0 aromatic heterocycles. The van der Waals surface area contributed by atoms with E-state index in [-0.39, 0.29) is 23.0 Å². The van der Waals surface area contributed by atoms with Crippen molar-refractivity contribution < 1.29 is 23.1 Å². The molecule has 0 spiro atoms. The zero-order valence-electron chi connectivity index (χ0n) is 13.1. The highest BCUT2D eigenvalue weighted by molar-refractivity contribution is 5.99. The summed E-state index contributed by atoms with van der Waals surface area (Å²) < 4.78 is 38.6. The van der Waals surface area contributed by atoms with E-state index in [1.54, 1.807) is 6.07 Å². The number of alkyl halides is 3. The SMILES string of the molecule is CC(C)c1ccc(N(C(N)=O)c2cccc(C(F)(F)F)c2)c(O)c1. The fourth-order valence-corrected chi connectivity index (χ4v) is 2.30. The van der Waals surface area contributed by atoms with Gasteiger partial charge in [-0.1, -0.05) is 26.0 Å². The number of carbonyl (C=O) groups excluding carboxylic acids is 1. The minimum Gasteiger partial charge on any atom is -0.506 e. The van der Waals surface area contributed by atoms with E-state index in [1.807, 2.05) is 13.8 Å². The number of nitrogens with two attached hydrogens (primary N) is 1. The van der Waals surface area contributed by atoms with Crippen LogP contribution in [-0.4, -0.2) is 11.1 Å². The van der Waals surface area contributed by atoms with Gasteiger partial charge in [-0.15, -0.1) is 0 Å². The first-order valence-corrected chi connectivity index (χ1v) is 7.21. The number of benzene rings is 2. The topological polar surface area (TPSA) is 66.6 Å². The lowest BCUT2D eigenvalue weighted by atomic mass is 10.0. The second kappa shape index (κ2) is 6.43. The van der Waals surface area contributed by atoms with Crippen molar-refractivity contribution in [3.63, 3.8) is 0 Å². The Hall–Kier alpha value is -2.70. The summed E-state index contributed by atoms with van der Waals surface area (Å²) in [7, 11) is 0. The van der Waals surface area contributed by atoms with Crippen LogP contribution in [0, 0.1) is 0 Å². The highest BCUT2D eigenvalue weighted by atomic mass is 19.4. The predicted molar refractivity (Wildman–Crippen MR) is 85.4 cm³/mol. The molecule has 0 bridgehead atoms. The molecular weight excluding hydrogens is 321 g/mol. The summed E-state index contributed by atoms with van der Waals surface area (Å²) in [6.45, 7) is 3.85. The number of primary amides is 1. The molecule has 0 radical (unpaired) electrons. The Bertz CT molecular complexity index is 758. The van der Waals surface area contributed by atoms with E-state index in [1.165, 1.54) is 24.3 Å². The van der Waals surface area contributed by atoms with E-state index in [9.17, 15) is 23.1 Å². The average molecular weight is 338 g/mol. The van der Waals surface area contributed by atoms with Crippen molar-refractivity contribution in [1.82, 2.24) is 0 Å². The number of rotatable bonds is 3. The Morgan fingerprint density at radius 1 is 1.17 bits per heavy atom. The molecule has 0 aliphatic carbocycles. The van der Waals surface area contributed by atoms with Crippen LogP contribution in [0.4, 0.5) is 29.3 Å². The minimum absolute atomic E-state index is 0.0197. The summed E-state index contributed by atoms with van der Waals surface area (Å²) >= 11 is 0. The molecule has 3 N–H and O–H groups in total. The standard InChI is InChI=1S/C17H17F3N2O2/c1-10(2)11-6-7-14(15(23)8-11)22(16(21)24)13-5-3-4-12(9-13)17(18,19)20/h3-10,23H,1-2H3,(H2,21,24). The van der Waals surface area contributed by atoms with Crippen molar-refractivity contribution in [2.75, 3.05) is 4.90 Å². The fourth-order valence-electron chi connectivity index (χ4n) is 2.30. The molecule has 0 aliphatic rings. The number of urea groups is 1. The first kappa shape index (κ1) is 17.7. The lowest BCUT2D eigenvalue weighted by molar-refractivity contribution is -0.137. The molecule has 0 saturated heterocycles. The summed E-state index contributed by atoms with van der Waals surface area (Å²) in [5.74, 6) is -0.0991. The predicted octanol–water partition coefficient (Wildman–Crippen LogP) is 4.75. The van der Waals surface area contributed by atoms with Gasteiger partial charge in [0.1, 0.15) is 5.75 Å². The van der Waals surface area contributed by atoms with E-state index in [2.05, 4.69) is 0 Å². The second-order valence-corrected chi connectivity index (χ2v) is 5.62. The number of aromatic hydroxyl groups is 1. The molecule has 7 heteroatoms. The van der Waals surface area contributed by atoms with Gasteiger partial charge in [0, 0.05) is 0 Å². The molecule has 128 valence electrons. The van der Waals surface area contributed by atoms with Gasteiger partial charge < -0.3 is 10.8 Å². The summed E-state index contributed by atoms with van der Waals surface area (Å²) in [4.78, 5) is 12.6. The number of halogens is 3. The number of nitrogens with zero attached hydrogens (tertiary/aromatic N) is 1. The van der Waals surface area contributed by atoms with Crippen LogP contribution in [-0.2, 0) is 6.18 Å². The zero-order chi connectivity index (χ0) is 18.1. The maximum atomic E-state index is 12.9. The fraction of sp³-hybridized carbons (Fsp3) is 0.235. The monoisotopic (exact) mass is 338 g/mol. The maximum Gasteiger partial charge on any atom is 0.416 e. The molecule has 0 atom stereocenters. The molecule has 0 fully saturated rings. The molecular formula is C17H17F3N2O2. The third-order valence-electron chi connectivity index (χ3n) is 3.56. The summed E-state index contributed by atoms with van der Waals surface area (Å²) in [6, 6.07) is 7.79. The van der Waals surface area contributed by atoms with Gasteiger partial charge >= 0.3 is 12.2 Å². The lowest BCUT2D eigenvalue weighted by Gasteiger charge is -2.23. The number of hydrogen-bond donors (Lipinski definition) is 2. The van der Waals surface area contributed by atoms with Gasteiger partial charge in [0.2, 0.25) is 0 Å². The lowest BCUT2D eigenvalue weighted by Crippen LogP contribution is -2.31. The van der Waals surface area contributed by atoms with E-state index >= 15 is 0 Å². The van der Waals surface area contributed by atoms with Crippen molar-refractivity contribution in [3.05, 3.63) is 53.6 Å². The van der Waals surface area contributed by atoms with Crippen LogP contribution < -0.4 is 10.6 Å². The molecule has 0 saturated carbocycles. The van der Waals surface area contributed by atoms with Crippen molar-refractivity contribution in [2.24, 2.45) is 5.73 Å². The van der Waals surface area contributed by atoms with Crippen LogP contribution in [0.1, 0.15) is 30.9 Å². The van der Waals surface area contributed by atoms with E-state index in [0.717, 1.165) is 22.6 Å². The maximum absolute atomic E-state index is 12.9. The average Bonchev–Trinajstić information content (AvgIpc) is 2.48. The summed E-state index contributed by atoms with van der Waals surface area (Å²) in [5.41, 5.74) is 5.17. The molecule has 2 aromatic carbocycles. The minimum atomic E-state index is -4.55. The van der Waals surface area contributed by atoms with Crippen molar-refractivity contribution in [1.29, 1.82) is 0 Å². The van der Waals surface area contributed by atoms with Crippen LogP contribution in [0.3, 0.4) is 0 Å². The molecule has 2 amide bonds. The number of hydrogen-bond acceptors (Lipinski definition) is 2. The first-order chi connectivity index (χ1) is 11.1. The Kier molecular flexibility index (Phi) is 4.73. The third kappa shape index (κ3) is 3.61. The quantitative estimate of drug-likeness (QED) is 0.848. The van der Waals surface area contributed by atoms with E-state index < -0.39 is 17.8 Å². The van der Waals surface area contributed by atoms with Crippen molar-refractivity contribution >= 4 is 17.4 Å². The van der Waals surface area contributed by atoms with Gasteiger partial charge in [0.05, 0.1) is 16.9 Å². The Balaban J connectivity index is 2.54. The van der Waals surface area contributed by atoms with Crippen LogP contribution in [0.5, 0.6) is 5.75 Å². The van der Waals surface area contributed by atoms with E-state index in [0.29, 0.717) is 0 Å². The molecule has 4 nitrogen and oxygen atoms in total. The summed E-state index contributed by atoms with van der Waals surface area (Å²) in [5, 5.41) is 10.2. The van der Waals surface area contributed by atoms with Gasteiger partial charge in [-0.25, -0.2) is 4.79 Å². The molecule has 2 aromatic rings. The van der Waals surface area contributed by atoms with E-state index in [4.69, 9.17) is 5.73 Å². The molecule has 24 heavy (non-hydrogen) atoms. The van der Waals surface area contributed by atoms with Gasteiger partial charge in [0.15, 0.2) is 0 Å². The van der Waals surface area contributed by atoms with Gasteiger partial charge in [-0.3, -0.25) is 4.90 Å².